The molecule has 24 heavy (non-hydrogen) atoms. The van der Waals surface area contributed by atoms with Crippen LogP contribution in [0.3, 0.4) is 0 Å². The molecule has 1 amide bonds. The van der Waals surface area contributed by atoms with Crippen molar-refractivity contribution in [1.29, 1.82) is 0 Å². The first kappa shape index (κ1) is 16.5. The van der Waals surface area contributed by atoms with E-state index in [1.54, 1.807) is 25.2 Å². The Morgan fingerprint density at radius 2 is 2.08 bits per heavy atom. The van der Waals surface area contributed by atoms with Crippen LogP contribution in [0, 0.1) is 5.82 Å². The molecule has 0 saturated carbocycles. The van der Waals surface area contributed by atoms with Crippen LogP contribution in [-0.4, -0.2) is 36.2 Å². The van der Waals surface area contributed by atoms with Crippen molar-refractivity contribution in [2.75, 3.05) is 13.6 Å². The van der Waals surface area contributed by atoms with Crippen molar-refractivity contribution >= 4 is 23.2 Å². The predicted molar refractivity (Wildman–Crippen MR) is 90.8 cm³/mol. The Morgan fingerprint density at radius 3 is 2.79 bits per heavy atom. The molecule has 2 aromatic rings. The zero-order valence-corrected chi connectivity index (χ0v) is 13.8. The van der Waals surface area contributed by atoms with Crippen LogP contribution in [-0.2, 0) is 4.84 Å². The summed E-state index contributed by atoms with van der Waals surface area (Å²) in [6, 6.07) is 13.0. The Balaban J connectivity index is 1.59. The summed E-state index contributed by atoms with van der Waals surface area (Å²) in [5, 5.41) is 4.75. The van der Waals surface area contributed by atoms with Gasteiger partial charge in [0, 0.05) is 24.1 Å². The number of halogens is 2. The SMILES string of the molecule is CN(C[C@H]1CC(c2ccc(Cl)cc2)=NO1)C(=O)c1cccc(F)c1. The molecule has 0 spiro atoms. The van der Waals surface area contributed by atoms with Crippen molar-refractivity contribution in [3.8, 4) is 0 Å². The zero-order chi connectivity index (χ0) is 17.1. The summed E-state index contributed by atoms with van der Waals surface area (Å²) in [5.41, 5.74) is 2.08. The molecule has 0 aliphatic carbocycles. The number of hydrogen-bond donors (Lipinski definition) is 0. The summed E-state index contributed by atoms with van der Waals surface area (Å²) in [7, 11) is 1.66. The van der Waals surface area contributed by atoms with Crippen LogP contribution in [0.1, 0.15) is 22.3 Å². The maximum atomic E-state index is 13.2. The second kappa shape index (κ2) is 7.01. The third kappa shape index (κ3) is 3.74. The Kier molecular flexibility index (Phi) is 4.81. The smallest absolute Gasteiger partial charge is 0.253 e. The van der Waals surface area contributed by atoms with Gasteiger partial charge in [0.2, 0.25) is 0 Å². The highest BCUT2D eigenvalue weighted by Gasteiger charge is 2.25. The molecule has 0 bridgehead atoms. The molecular weight excluding hydrogens is 331 g/mol. The number of rotatable bonds is 4. The molecule has 0 N–H and O–H groups in total. The van der Waals surface area contributed by atoms with E-state index in [4.69, 9.17) is 16.4 Å². The number of likely N-dealkylation sites (N-methyl/N-ethyl adjacent to an activating group) is 1. The molecule has 0 radical (unpaired) electrons. The van der Waals surface area contributed by atoms with Crippen LogP contribution in [0.4, 0.5) is 4.39 Å². The van der Waals surface area contributed by atoms with Crippen molar-refractivity contribution in [2.45, 2.75) is 12.5 Å². The van der Waals surface area contributed by atoms with Crippen molar-refractivity contribution in [3.05, 3.63) is 70.5 Å². The fraction of sp³-hybridized carbons (Fsp3) is 0.222. The summed E-state index contributed by atoms with van der Waals surface area (Å²) in [6.45, 7) is 0.371. The first-order valence-electron chi connectivity index (χ1n) is 7.52. The molecule has 3 rings (SSSR count). The van der Waals surface area contributed by atoms with E-state index >= 15 is 0 Å². The molecule has 0 unspecified atom stereocenters. The largest absolute Gasteiger partial charge is 0.390 e. The second-order valence-corrected chi connectivity index (χ2v) is 6.11. The van der Waals surface area contributed by atoms with Crippen molar-refractivity contribution in [2.24, 2.45) is 5.16 Å². The van der Waals surface area contributed by atoms with E-state index in [0.29, 0.717) is 23.6 Å². The average molecular weight is 347 g/mol. The van der Waals surface area contributed by atoms with Crippen LogP contribution in [0.25, 0.3) is 0 Å². The van der Waals surface area contributed by atoms with Gasteiger partial charge in [0.15, 0.2) is 6.10 Å². The van der Waals surface area contributed by atoms with Crippen molar-refractivity contribution in [3.63, 3.8) is 0 Å². The fourth-order valence-corrected chi connectivity index (χ4v) is 2.70. The Hall–Kier alpha value is -2.40. The molecular formula is C18H16ClFN2O2. The Morgan fingerprint density at radius 1 is 1.33 bits per heavy atom. The highest BCUT2D eigenvalue weighted by atomic mass is 35.5. The van der Waals surface area contributed by atoms with Crippen LogP contribution in [0.2, 0.25) is 5.02 Å². The standard InChI is InChI=1S/C18H16ClFN2O2/c1-22(18(23)13-3-2-4-15(20)9-13)11-16-10-17(21-24-16)12-5-7-14(19)8-6-12/h2-9,16H,10-11H2,1H3/t16-/m1/s1. The normalized spacial score (nSPS) is 16.5. The van der Waals surface area contributed by atoms with Crippen LogP contribution in [0.15, 0.2) is 53.7 Å². The highest BCUT2D eigenvalue weighted by molar-refractivity contribution is 6.30. The van der Waals surface area contributed by atoms with Gasteiger partial charge in [-0.3, -0.25) is 4.79 Å². The molecule has 0 saturated heterocycles. The Bertz CT molecular complexity index is 777. The monoisotopic (exact) mass is 346 g/mol. The van der Waals surface area contributed by atoms with E-state index in [9.17, 15) is 9.18 Å². The third-order valence-electron chi connectivity index (χ3n) is 3.81. The minimum absolute atomic E-state index is 0.224. The van der Waals surface area contributed by atoms with Gasteiger partial charge < -0.3 is 9.74 Å². The molecule has 1 aliphatic rings. The molecule has 6 heteroatoms. The molecule has 4 nitrogen and oxygen atoms in total. The fourth-order valence-electron chi connectivity index (χ4n) is 2.57. The summed E-state index contributed by atoms with van der Waals surface area (Å²) in [6.07, 6.45) is 0.376. The molecule has 1 aliphatic heterocycles. The number of amides is 1. The minimum atomic E-state index is -0.431. The first-order chi connectivity index (χ1) is 11.5. The molecule has 124 valence electrons. The third-order valence-corrected chi connectivity index (χ3v) is 4.06. The van der Waals surface area contributed by atoms with E-state index in [0.717, 1.165) is 11.3 Å². The summed E-state index contributed by atoms with van der Waals surface area (Å²) in [5.74, 6) is -0.683. The van der Waals surface area contributed by atoms with E-state index in [1.807, 2.05) is 12.1 Å². The molecule has 0 aromatic heterocycles. The topological polar surface area (TPSA) is 41.9 Å². The number of benzene rings is 2. The Labute approximate surface area is 144 Å². The van der Waals surface area contributed by atoms with E-state index < -0.39 is 5.82 Å². The van der Waals surface area contributed by atoms with Crippen molar-refractivity contribution in [1.82, 2.24) is 4.90 Å². The average Bonchev–Trinajstić information content (AvgIpc) is 3.03. The van der Waals surface area contributed by atoms with Gasteiger partial charge in [0.1, 0.15) is 5.82 Å². The summed E-state index contributed by atoms with van der Waals surface area (Å²) >= 11 is 5.88. The quantitative estimate of drug-likeness (QED) is 0.846. The zero-order valence-electron chi connectivity index (χ0n) is 13.1. The van der Waals surface area contributed by atoms with E-state index in [-0.39, 0.29) is 12.0 Å². The molecule has 0 fully saturated rings. The second-order valence-electron chi connectivity index (χ2n) is 5.67. The van der Waals surface area contributed by atoms with E-state index in [2.05, 4.69) is 5.16 Å². The maximum absolute atomic E-state index is 13.2. The van der Waals surface area contributed by atoms with Gasteiger partial charge in [-0.1, -0.05) is 35.0 Å². The van der Waals surface area contributed by atoms with Crippen molar-refractivity contribution < 1.29 is 14.0 Å². The van der Waals surface area contributed by atoms with Gasteiger partial charge in [0.05, 0.1) is 12.3 Å². The van der Waals surface area contributed by atoms with Gasteiger partial charge in [-0.2, -0.15) is 0 Å². The summed E-state index contributed by atoms with van der Waals surface area (Å²) < 4.78 is 13.2. The number of carbonyl (C=O) groups excluding carboxylic acids is 1. The molecule has 1 heterocycles. The van der Waals surface area contributed by atoms with Gasteiger partial charge in [-0.05, 0) is 35.9 Å². The summed E-state index contributed by atoms with van der Waals surface area (Å²) in [4.78, 5) is 19.3. The first-order valence-corrected chi connectivity index (χ1v) is 7.90. The number of carbonyl (C=O) groups is 1. The van der Waals surface area contributed by atoms with Gasteiger partial charge in [-0.25, -0.2) is 4.39 Å². The maximum Gasteiger partial charge on any atom is 0.253 e. The van der Waals surface area contributed by atoms with Gasteiger partial charge in [0.25, 0.3) is 5.91 Å². The van der Waals surface area contributed by atoms with E-state index in [1.165, 1.54) is 23.1 Å². The predicted octanol–water partition coefficient (Wildman–Crippen LogP) is 3.74. The van der Waals surface area contributed by atoms with Crippen LogP contribution < -0.4 is 0 Å². The minimum Gasteiger partial charge on any atom is -0.390 e. The lowest BCUT2D eigenvalue weighted by molar-refractivity contribution is 0.0482. The highest BCUT2D eigenvalue weighted by Crippen LogP contribution is 2.19. The van der Waals surface area contributed by atoms with Crippen LogP contribution >= 0.6 is 11.6 Å². The van der Waals surface area contributed by atoms with Gasteiger partial charge in [-0.15, -0.1) is 0 Å². The lowest BCUT2D eigenvalue weighted by Crippen LogP contribution is -2.34. The lowest BCUT2D eigenvalue weighted by Gasteiger charge is -2.20. The molecule has 2 aromatic carbocycles. The lowest BCUT2D eigenvalue weighted by atomic mass is 10.0. The van der Waals surface area contributed by atoms with Crippen LogP contribution in [0.5, 0.6) is 0 Å². The number of oxime groups is 1. The molecule has 1 atom stereocenters. The number of hydrogen-bond acceptors (Lipinski definition) is 3. The number of nitrogens with zero attached hydrogens (tertiary/aromatic N) is 2. The van der Waals surface area contributed by atoms with Gasteiger partial charge >= 0.3 is 0 Å².